The largest absolute Gasteiger partial charge is 0.482 e. The molecule has 1 rings (SSSR count). The zero-order valence-corrected chi connectivity index (χ0v) is 13.3. The van der Waals surface area contributed by atoms with Gasteiger partial charge in [-0.2, -0.15) is 0 Å². The van der Waals surface area contributed by atoms with Crippen LogP contribution in [0.1, 0.15) is 13.8 Å². The summed E-state index contributed by atoms with van der Waals surface area (Å²) in [5.41, 5.74) is 9.99. The zero-order valence-electron chi connectivity index (χ0n) is 11.7. The fourth-order valence-corrected chi connectivity index (χ4v) is 2.95. The average Bonchev–Trinajstić information content (AvgIpc) is 2.34. The summed E-state index contributed by atoms with van der Waals surface area (Å²) in [5.74, 6) is -0.732. The predicted octanol–water partition coefficient (Wildman–Crippen LogP) is 0.220. The van der Waals surface area contributed by atoms with Crippen molar-refractivity contribution in [1.82, 2.24) is 4.72 Å². The molecule has 0 spiro atoms. The Labute approximate surface area is 128 Å². The monoisotopic (exact) mass is 335 g/mol. The molecule has 0 saturated heterocycles. The highest BCUT2D eigenvalue weighted by Gasteiger charge is 2.23. The van der Waals surface area contributed by atoms with E-state index in [0.29, 0.717) is 0 Å². The lowest BCUT2D eigenvalue weighted by molar-refractivity contribution is -0.120. The number of carbonyl (C=O) groups excluding carboxylic acids is 1. The summed E-state index contributed by atoms with van der Waals surface area (Å²) in [4.78, 5) is 10.6. The summed E-state index contributed by atoms with van der Waals surface area (Å²) in [7, 11) is -3.89. The number of hydrogen-bond donors (Lipinski definition) is 3. The molecule has 7 nitrogen and oxygen atoms in total. The van der Waals surface area contributed by atoms with E-state index in [1.54, 1.807) is 13.8 Å². The normalized spacial score (nSPS) is 12.2. The molecule has 0 aliphatic heterocycles. The van der Waals surface area contributed by atoms with Gasteiger partial charge in [-0.3, -0.25) is 4.79 Å². The van der Waals surface area contributed by atoms with E-state index in [2.05, 4.69) is 4.72 Å². The molecule has 118 valence electrons. The summed E-state index contributed by atoms with van der Waals surface area (Å²) < 4.78 is 32.0. The predicted molar refractivity (Wildman–Crippen MR) is 79.6 cm³/mol. The molecule has 1 aromatic rings. The van der Waals surface area contributed by atoms with Crippen LogP contribution in [-0.4, -0.2) is 33.0 Å². The molecule has 0 radical (unpaired) electrons. The minimum absolute atomic E-state index is 0.0134. The molecule has 0 aliphatic carbocycles. The van der Waals surface area contributed by atoms with E-state index >= 15 is 0 Å². The van der Waals surface area contributed by atoms with Gasteiger partial charge < -0.3 is 16.2 Å². The maximum atomic E-state index is 12.3. The minimum atomic E-state index is -3.89. The molecule has 1 aromatic carbocycles. The van der Waals surface area contributed by atoms with Crippen molar-refractivity contribution in [1.29, 1.82) is 0 Å². The number of ether oxygens (including phenoxy) is 1. The van der Waals surface area contributed by atoms with E-state index in [9.17, 15) is 13.2 Å². The van der Waals surface area contributed by atoms with Gasteiger partial charge in [0.2, 0.25) is 10.0 Å². The van der Waals surface area contributed by atoms with Gasteiger partial charge in [-0.1, -0.05) is 11.6 Å². The Kier molecular flexibility index (Phi) is 5.57. The third-order valence-electron chi connectivity index (χ3n) is 2.28. The maximum Gasteiger partial charge on any atom is 0.255 e. The third kappa shape index (κ3) is 5.88. The molecule has 5 N–H and O–H groups in total. The fraction of sp³-hybridized carbons (Fsp3) is 0.417. The van der Waals surface area contributed by atoms with Crippen LogP contribution >= 0.6 is 11.6 Å². The Morgan fingerprint density at radius 2 is 2.05 bits per heavy atom. The van der Waals surface area contributed by atoms with Crippen molar-refractivity contribution >= 4 is 27.5 Å². The van der Waals surface area contributed by atoms with Crippen LogP contribution in [0.15, 0.2) is 23.1 Å². The van der Waals surface area contributed by atoms with Crippen LogP contribution in [0.5, 0.6) is 5.75 Å². The van der Waals surface area contributed by atoms with E-state index in [-0.39, 0.29) is 22.2 Å². The van der Waals surface area contributed by atoms with Crippen molar-refractivity contribution in [2.75, 3.05) is 13.2 Å². The molecule has 0 fully saturated rings. The first-order valence-electron chi connectivity index (χ1n) is 6.00. The lowest BCUT2D eigenvalue weighted by Gasteiger charge is -2.19. The third-order valence-corrected chi connectivity index (χ3v) is 3.94. The number of rotatable bonds is 7. The van der Waals surface area contributed by atoms with Gasteiger partial charge in [-0.15, -0.1) is 0 Å². The summed E-state index contributed by atoms with van der Waals surface area (Å²) in [6.07, 6.45) is 0. The molecule has 0 bridgehead atoms. The maximum absolute atomic E-state index is 12.3. The van der Waals surface area contributed by atoms with E-state index in [1.165, 1.54) is 18.2 Å². The van der Waals surface area contributed by atoms with Crippen molar-refractivity contribution in [3.05, 3.63) is 23.2 Å². The number of benzene rings is 1. The minimum Gasteiger partial charge on any atom is -0.482 e. The van der Waals surface area contributed by atoms with Gasteiger partial charge in [0.05, 0.1) is 0 Å². The smallest absolute Gasteiger partial charge is 0.255 e. The highest BCUT2D eigenvalue weighted by atomic mass is 35.5. The van der Waals surface area contributed by atoms with Gasteiger partial charge in [-0.05, 0) is 32.0 Å². The SMILES string of the molecule is CC(C)(N)CNS(=O)(=O)c1cc(Cl)ccc1OCC(N)=O. The quantitative estimate of drug-likeness (QED) is 0.657. The molecule has 0 heterocycles. The van der Waals surface area contributed by atoms with Crippen LogP contribution in [0.3, 0.4) is 0 Å². The molecular formula is C12H18ClN3O4S. The van der Waals surface area contributed by atoms with E-state index in [0.717, 1.165) is 0 Å². The van der Waals surface area contributed by atoms with Crippen LogP contribution in [0.4, 0.5) is 0 Å². The number of nitrogens with one attached hydrogen (secondary N) is 1. The Morgan fingerprint density at radius 1 is 1.43 bits per heavy atom. The fourth-order valence-electron chi connectivity index (χ4n) is 1.32. The molecule has 0 aromatic heterocycles. The number of halogens is 1. The second-order valence-electron chi connectivity index (χ2n) is 5.16. The Morgan fingerprint density at radius 3 is 2.57 bits per heavy atom. The summed E-state index contributed by atoms with van der Waals surface area (Å²) >= 11 is 5.81. The summed E-state index contributed by atoms with van der Waals surface area (Å²) in [6, 6.07) is 4.03. The summed E-state index contributed by atoms with van der Waals surface area (Å²) in [5, 5.41) is 0.216. The second kappa shape index (κ2) is 6.61. The Balaban J connectivity index is 3.08. The summed E-state index contributed by atoms with van der Waals surface area (Å²) in [6.45, 7) is 2.94. The molecule has 1 amide bonds. The number of amides is 1. The molecular weight excluding hydrogens is 318 g/mol. The van der Waals surface area contributed by atoms with Gasteiger partial charge in [0.25, 0.3) is 5.91 Å². The molecule has 21 heavy (non-hydrogen) atoms. The van der Waals surface area contributed by atoms with Crippen molar-refractivity contribution in [3.8, 4) is 5.75 Å². The van der Waals surface area contributed by atoms with Gasteiger partial charge in [0, 0.05) is 17.1 Å². The lowest BCUT2D eigenvalue weighted by atomic mass is 10.1. The number of sulfonamides is 1. The number of nitrogens with two attached hydrogens (primary N) is 2. The van der Waals surface area contributed by atoms with Crippen LogP contribution < -0.4 is 20.9 Å². The van der Waals surface area contributed by atoms with Gasteiger partial charge in [0.1, 0.15) is 10.6 Å². The molecule has 0 aliphatic rings. The molecule has 0 unspecified atom stereocenters. The van der Waals surface area contributed by atoms with Gasteiger partial charge in [-0.25, -0.2) is 13.1 Å². The lowest BCUT2D eigenvalue weighted by Crippen LogP contribution is -2.45. The van der Waals surface area contributed by atoms with E-state index in [1.807, 2.05) is 0 Å². The average molecular weight is 336 g/mol. The number of carbonyl (C=O) groups is 1. The van der Waals surface area contributed by atoms with E-state index in [4.69, 9.17) is 27.8 Å². The molecule has 9 heteroatoms. The second-order valence-corrected chi connectivity index (χ2v) is 7.33. The zero-order chi connectivity index (χ0) is 16.3. The first kappa shape index (κ1) is 17.7. The van der Waals surface area contributed by atoms with Crippen molar-refractivity contribution < 1.29 is 17.9 Å². The molecule has 0 atom stereocenters. The highest BCUT2D eigenvalue weighted by molar-refractivity contribution is 7.89. The highest BCUT2D eigenvalue weighted by Crippen LogP contribution is 2.27. The van der Waals surface area contributed by atoms with Crippen molar-refractivity contribution in [3.63, 3.8) is 0 Å². The Bertz CT molecular complexity index is 626. The van der Waals surface area contributed by atoms with Crippen LogP contribution in [0.2, 0.25) is 5.02 Å². The van der Waals surface area contributed by atoms with Crippen molar-refractivity contribution in [2.24, 2.45) is 11.5 Å². The van der Waals surface area contributed by atoms with E-state index < -0.39 is 28.1 Å². The van der Waals surface area contributed by atoms with Crippen LogP contribution in [0.25, 0.3) is 0 Å². The van der Waals surface area contributed by atoms with Crippen LogP contribution in [0, 0.1) is 0 Å². The van der Waals surface area contributed by atoms with Gasteiger partial charge >= 0.3 is 0 Å². The standard InChI is InChI=1S/C12H18ClN3O4S/c1-12(2,15)7-16-21(18,19)10-5-8(13)3-4-9(10)20-6-11(14)17/h3-5,16H,6-7,15H2,1-2H3,(H2,14,17). The molecule has 0 saturated carbocycles. The number of primary amides is 1. The first-order valence-corrected chi connectivity index (χ1v) is 7.86. The Hall–Kier alpha value is -1.35. The van der Waals surface area contributed by atoms with Crippen LogP contribution in [-0.2, 0) is 14.8 Å². The van der Waals surface area contributed by atoms with Crippen molar-refractivity contribution in [2.45, 2.75) is 24.3 Å². The topological polar surface area (TPSA) is 125 Å². The first-order chi connectivity index (χ1) is 9.51. The number of hydrogen-bond acceptors (Lipinski definition) is 5. The van der Waals surface area contributed by atoms with Gasteiger partial charge in [0.15, 0.2) is 6.61 Å².